The molecule has 0 saturated heterocycles. The molecule has 1 aromatic rings. The van der Waals surface area contributed by atoms with E-state index in [9.17, 15) is 0 Å². The monoisotopic (exact) mass is 239 g/mol. The smallest absolute Gasteiger partial charge is 0.128 e. The second-order valence-corrected chi connectivity index (χ2v) is 15.9. The Kier molecular flexibility index (Phi) is 3.16. The third-order valence-electron chi connectivity index (χ3n) is 2.09. The molecule has 0 unspecified atom stereocenters. The normalized spacial score (nSPS) is 13.0. The SMILES string of the molecule is Cc1nc([Si](C)(C)C)nc([Si](C)(C)C)n1. The zero-order chi connectivity index (χ0) is 11.9. The molecule has 0 aliphatic carbocycles. The Bertz CT molecular complexity index is 332. The minimum atomic E-state index is -1.41. The van der Waals surface area contributed by atoms with E-state index in [4.69, 9.17) is 0 Å². The Balaban J connectivity index is 3.30. The molecule has 0 aromatic carbocycles. The number of hydrogen-bond acceptors (Lipinski definition) is 3. The first-order chi connectivity index (χ1) is 6.60. The van der Waals surface area contributed by atoms with Gasteiger partial charge in [0.2, 0.25) is 0 Å². The number of hydrogen-bond donors (Lipinski definition) is 0. The molecule has 0 bridgehead atoms. The molecule has 1 aromatic heterocycles. The van der Waals surface area contributed by atoms with Crippen LogP contribution in [0.5, 0.6) is 0 Å². The zero-order valence-electron chi connectivity index (χ0n) is 10.8. The molecule has 0 aliphatic rings. The lowest BCUT2D eigenvalue weighted by atomic mass is 10.7. The minimum absolute atomic E-state index is 0.875. The summed E-state index contributed by atoms with van der Waals surface area (Å²) >= 11 is 0. The van der Waals surface area contributed by atoms with Gasteiger partial charge in [0, 0.05) is 0 Å². The first kappa shape index (κ1) is 12.5. The maximum atomic E-state index is 4.68. The average Bonchev–Trinajstić information content (AvgIpc) is 1.99. The lowest BCUT2D eigenvalue weighted by Gasteiger charge is -2.19. The second kappa shape index (κ2) is 3.79. The van der Waals surface area contributed by atoms with Gasteiger partial charge in [0.15, 0.2) is 0 Å². The van der Waals surface area contributed by atoms with Crippen LogP contribution in [0.1, 0.15) is 5.82 Å². The summed E-state index contributed by atoms with van der Waals surface area (Å²) in [6.07, 6.45) is 0. The summed E-state index contributed by atoms with van der Waals surface area (Å²) < 4.78 is 0. The number of nitrogens with zero attached hydrogens (tertiary/aromatic N) is 3. The Morgan fingerprint density at radius 3 is 1.27 bits per heavy atom. The van der Waals surface area contributed by atoms with Crippen molar-refractivity contribution in [2.24, 2.45) is 0 Å². The zero-order valence-corrected chi connectivity index (χ0v) is 12.8. The van der Waals surface area contributed by atoms with Crippen LogP contribution >= 0.6 is 0 Å². The van der Waals surface area contributed by atoms with Crippen LogP contribution in [-0.2, 0) is 0 Å². The maximum absolute atomic E-state index is 4.68. The van der Waals surface area contributed by atoms with E-state index in [1.54, 1.807) is 0 Å². The molecule has 15 heavy (non-hydrogen) atoms. The highest BCUT2D eigenvalue weighted by Gasteiger charge is 2.26. The average molecular weight is 239 g/mol. The Morgan fingerprint density at radius 2 is 1.00 bits per heavy atom. The van der Waals surface area contributed by atoms with Gasteiger partial charge in [0.25, 0.3) is 0 Å². The predicted octanol–water partition coefficient (Wildman–Crippen LogP) is 1.27. The van der Waals surface area contributed by atoms with E-state index in [1.165, 1.54) is 0 Å². The molecule has 1 rings (SSSR count). The van der Waals surface area contributed by atoms with Gasteiger partial charge >= 0.3 is 0 Å². The van der Waals surface area contributed by atoms with Crippen molar-refractivity contribution >= 4 is 27.0 Å². The molecule has 0 N–H and O–H groups in total. The fourth-order valence-electron chi connectivity index (χ4n) is 1.15. The molecule has 0 saturated carbocycles. The van der Waals surface area contributed by atoms with Crippen molar-refractivity contribution in [2.45, 2.75) is 46.2 Å². The van der Waals surface area contributed by atoms with Gasteiger partial charge in [-0.2, -0.15) is 0 Å². The van der Waals surface area contributed by atoms with E-state index in [2.05, 4.69) is 54.2 Å². The first-order valence-electron chi connectivity index (χ1n) is 5.34. The summed E-state index contributed by atoms with van der Waals surface area (Å²) in [5.74, 6) is 0.875. The molecule has 0 radical (unpaired) electrons. The van der Waals surface area contributed by atoms with E-state index in [0.29, 0.717) is 0 Å². The van der Waals surface area contributed by atoms with Gasteiger partial charge in [-0.1, -0.05) is 39.3 Å². The molecule has 0 spiro atoms. The molecule has 0 fully saturated rings. The van der Waals surface area contributed by atoms with Gasteiger partial charge in [-0.15, -0.1) is 0 Å². The number of rotatable bonds is 2. The van der Waals surface area contributed by atoms with Crippen LogP contribution in [-0.4, -0.2) is 31.1 Å². The van der Waals surface area contributed by atoms with E-state index in [1.807, 2.05) is 6.92 Å². The summed E-state index contributed by atoms with van der Waals surface area (Å²) in [6.45, 7) is 15.6. The van der Waals surface area contributed by atoms with E-state index < -0.39 is 16.1 Å². The maximum Gasteiger partial charge on any atom is 0.128 e. The predicted molar refractivity (Wildman–Crippen MR) is 70.5 cm³/mol. The van der Waals surface area contributed by atoms with Crippen LogP contribution in [0.2, 0.25) is 39.3 Å². The lowest BCUT2D eigenvalue weighted by molar-refractivity contribution is 1.03. The Morgan fingerprint density at radius 1 is 0.667 bits per heavy atom. The summed E-state index contributed by atoms with van der Waals surface area (Å²) in [7, 11) is -2.83. The molecular weight excluding hydrogens is 218 g/mol. The van der Waals surface area contributed by atoms with Crippen LogP contribution in [0.25, 0.3) is 0 Å². The standard InChI is InChI=1S/C10H21N3Si2/c1-8-11-9(14(2,3)4)13-10(12-8)15(5,6)7/h1-7H3. The van der Waals surface area contributed by atoms with Crippen molar-refractivity contribution < 1.29 is 0 Å². The molecule has 5 heteroatoms. The number of aromatic nitrogens is 3. The van der Waals surface area contributed by atoms with Crippen molar-refractivity contribution in [1.29, 1.82) is 0 Å². The van der Waals surface area contributed by atoms with Crippen molar-refractivity contribution in [1.82, 2.24) is 15.0 Å². The van der Waals surface area contributed by atoms with Gasteiger partial charge < -0.3 is 0 Å². The Hall–Kier alpha value is -0.556. The van der Waals surface area contributed by atoms with Gasteiger partial charge in [-0.05, 0) is 6.92 Å². The van der Waals surface area contributed by atoms with Crippen molar-refractivity contribution in [2.75, 3.05) is 0 Å². The summed E-state index contributed by atoms with van der Waals surface area (Å²) in [5.41, 5.74) is 2.10. The first-order valence-corrected chi connectivity index (χ1v) is 12.3. The fraction of sp³-hybridized carbons (Fsp3) is 0.700. The highest BCUT2D eigenvalue weighted by molar-refractivity contribution is 6.89. The van der Waals surface area contributed by atoms with Gasteiger partial charge in [0.1, 0.15) is 32.9 Å². The molecule has 1 heterocycles. The molecular formula is C10H21N3Si2. The van der Waals surface area contributed by atoms with Crippen LogP contribution in [0.3, 0.4) is 0 Å². The third kappa shape index (κ3) is 3.20. The highest BCUT2D eigenvalue weighted by Crippen LogP contribution is 2.00. The fourth-order valence-corrected chi connectivity index (χ4v) is 3.14. The quantitative estimate of drug-likeness (QED) is 0.730. The molecule has 84 valence electrons. The summed E-state index contributed by atoms with van der Waals surface area (Å²) in [6, 6.07) is 0. The molecule has 0 atom stereocenters. The Labute approximate surface area is 94.4 Å². The minimum Gasteiger partial charge on any atom is -0.229 e. The van der Waals surface area contributed by atoms with Gasteiger partial charge in [0.05, 0.1) is 0 Å². The lowest BCUT2D eigenvalue weighted by Crippen LogP contribution is -2.52. The van der Waals surface area contributed by atoms with Crippen molar-refractivity contribution in [3.63, 3.8) is 0 Å². The van der Waals surface area contributed by atoms with Crippen LogP contribution < -0.4 is 10.9 Å². The molecule has 3 nitrogen and oxygen atoms in total. The summed E-state index contributed by atoms with van der Waals surface area (Å²) in [5, 5.41) is 0. The van der Waals surface area contributed by atoms with Gasteiger partial charge in [-0.3, -0.25) is 0 Å². The second-order valence-electron chi connectivity index (χ2n) is 6.03. The van der Waals surface area contributed by atoms with Crippen LogP contribution in [0.4, 0.5) is 0 Å². The highest BCUT2D eigenvalue weighted by atomic mass is 28.3. The third-order valence-corrected chi connectivity index (χ3v) is 5.22. The summed E-state index contributed by atoms with van der Waals surface area (Å²) in [4.78, 5) is 13.6. The van der Waals surface area contributed by atoms with Gasteiger partial charge in [-0.25, -0.2) is 15.0 Å². The largest absolute Gasteiger partial charge is 0.229 e. The van der Waals surface area contributed by atoms with Crippen molar-refractivity contribution in [3.05, 3.63) is 5.82 Å². The van der Waals surface area contributed by atoms with E-state index in [-0.39, 0.29) is 0 Å². The van der Waals surface area contributed by atoms with E-state index >= 15 is 0 Å². The van der Waals surface area contributed by atoms with Crippen molar-refractivity contribution in [3.8, 4) is 0 Å². The molecule has 0 amide bonds. The van der Waals surface area contributed by atoms with Crippen LogP contribution in [0, 0.1) is 6.92 Å². The number of aryl methyl sites for hydroxylation is 1. The van der Waals surface area contributed by atoms with Crippen LogP contribution in [0.15, 0.2) is 0 Å². The topological polar surface area (TPSA) is 38.7 Å². The molecule has 0 aliphatic heterocycles. The van der Waals surface area contributed by atoms with E-state index in [0.717, 1.165) is 16.7 Å².